The Morgan fingerprint density at radius 3 is 2.22 bits per heavy atom. The van der Waals surface area contributed by atoms with Crippen LogP contribution in [-0.2, 0) is 32.3 Å². The van der Waals surface area contributed by atoms with Crippen LogP contribution in [0.25, 0.3) is 0 Å². The average molecular weight is 343 g/mol. The summed E-state index contributed by atoms with van der Waals surface area (Å²) in [6, 6.07) is 5.48. The third kappa shape index (κ3) is 6.99. The van der Waals surface area contributed by atoms with Gasteiger partial charge in [0.05, 0.1) is 4.90 Å². The fraction of sp³-hybridized carbons (Fsp3) is 0.647. The lowest BCUT2D eigenvalue weighted by Crippen LogP contribution is -2.31. The summed E-state index contributed by atoms with van der Waals surface area (Å²) >= 11 is 0. The number of ether oxygens (including phenoxy) is 2. The summed E-state index contributed by atoms with van der Waals surface area (Å²) < 4.78 is 37.8. The maximum atomic E-state index is 12.5. The van der Waals surface area contributed by atoms with Crippen molar-refractivity contribution < 1.29 is 17.9 Å². The van der Waals surface area contributed by atoms with E-state index >= 15 is 0 Å². The van der Waals surface area contributed by atoms with E-state index in [9.17, 15) is 8.42 Å². The number of aryl methyl sites for hydroxylation is 2. The van der Waals surface area contributed by atoms with Crippen LogP contribution in [0.2, 0.25) is 0 Å². The maximum Gasteiger partial charge on any atom is 0.241 e. The molecule has 132 valence electrons. The van der Waals surface area contributed by atoms with Crippen LogP contribution >= 0.6 is 0 Å². The summed E-state index contributed by atoms with van der Waals surface area (Å²) in [6.07, 6.45) is 3.27. The molecule has 0 unspecified atom stereocenters. The predicted molar refractivity (Wildman–Crippen MR) is 92.3 cm³/mol. The Kier molecular flexibility index (Phi) is 8.76. The lowest BCUT2D eigenvalue weighted by Gasteiger charge is -2.15. The van der Waals surface area contributed by atoms with E-state index in [2.05, 4.69) is 4.72 Å². The zero-order valence-corrected chi connectivity index (χ0v) is 15.4. The van der Waals surface area contributed by atoms with Gasteiger partial charge in [-0.1, -0.05) is 12.1 Å². The van der Waals surface area contributed by atoms with Crippen LogP contribution in [0.5, 0.6) is 0 Å². The molecule has 1 aromatic carbocycles. The van der Waals surface area contributed by atoms with Gasteiger partial charge in [-0.2, -0.15) is 0 Å². The molecule has 0 saturated heterocycles. The number of hydrogen-bond donors (Lipinski definition) is 1. The van der Waals surface area contributed by atoms with E-state index in [4.69, 9.17) is 9.47 Å². The Bertz CT molecular complexity index is 570. The summed E-state index contributed by atoms with van der Waals surface area (Å²) in [7, 11) is -0.149. The minimum atomic E-state index is -3.48. The summed E-state index contributed by atoms with van der Waals surface area (Å²) in [5.74, 6) is 0. The molecule has 5 nitrogen and oxygen atoms in total. The monoisotopic (exact) mass is 343 g/mol. The number of rotatable bonds is 11. The number of sulfonamides is 1. The normalized spacial score (nSPS) is 12.0. The zero-order valence-electron chi connectivity index (χ0n) is 14.6. The second-order valence-electron chi connectivity index (χ2n) is 5.91. The van der Waals surface area contributed by atoms with E-state index in [0.717, 1.165) is 30.4 Å². The Balaban J connectivity index is 3.02. The molecule has 1 aromatic rings. The number of benzene rings is 1. The van der Waals surface area contributed by atoms with Gasteiger partial charge in [-0.05, 0) is 56.7 Å². The minimum absolute atomic E-state index is 0.131. The van der Waals surface area contributed by atoms with Crippen molar-refractivity contribution in [1.82, 2.24) is 4.72 Å². The van der Waals surface area contributed by atoms with Crippen molar-refractivity contribution in [2.45, 2.75) is 50.5 Å². The summed E-state index contributed by atoms with van der Waals surface area (Å²) in [5.41, 5.74) is 1.99. The number of methoxy groups -OCH3 is 2. The van der Waals surface area contributed by atoms with Crippen molar-refractivity contribution in [1.29, 1.82) is 0 Å². The van der Waals surface area contributed by atoms with E-state index in [1.54, 1.807) is 20.3 Å². The summed E-state index contributed by atoms with van der Waals surface area (Å²) in [4.78, 5) is 0.373. The van der Waals surface area contributed by atoms with Crippen LogP contribution in [-0.4, -0.2) is 41.9 Å². The highest BCUT2D eigenvalue weighted by Gasteiger charge is 2.19. The van der Waals surface area contributed by atoms with Crippen LogP contribution in [0.15, 0.2) is 23.1 Å². The third-order valence-electron chi connectivity index (χ3n) is 3.41. The molecule has 0 radical (unpaired) electrons. The molecule has 6 heteroatoms. The van der Waals surface area contributed by atoms with Crippen molar-refractivity contribution >= 4 is 10.0 Å². The van der Waals surface area contributed by atoms with Crippen LogP contribution in [0.1, 0.15) is 37.8 Å². The second-order valence-corrected chi connectivity index (χ2v) is 7.59. The summed E-state index contributed by atoms with van der Waals surface area (Å²) in [5, 5.41) is 0. The molecule has 0 heterocycles. The molecule has 0 atom stereocenters. The molecule has 0 fully saturated rings. The fourth-order valence-corrected chi connectivity index (χ4v) is 3.95. The van der Waals surface area contributed by atoms with E-state index < -0.39 is 10.0 Å². The van der Waals surface area contributed by atoms with Crippen molar-refractivity contribution in [2.24, 2.45) is 0 Å². The van der Waals surface area contributed by atoms with Gasteiger partial charge in [0.15, 0.2) is 0 Å². The average Bonchev–Trinajstić information content (AvgIpc) is 2.46. The van der Waals surface area contributed by atoms with Crippen LogP contribution in [0.4, 0.5) is 0 Å². The van der Waals surface area contributed by atoms with Gasteiger partial charge >= 0.3 is 0 Å². The predicted octanol–water partition coefficient (Wildman–Crippen LogP) is 2.53. The molecule has 0 bridgehead atoms. The lowest BCUT2D eigenvalue weighted by molar-refractivity contribution is 0.194. The molecule has 0 spiro atoms. The van der Waals surface area contributed by atoms with Crippen molar-refractivity contribution in [3.05, 3.63) is 29.3 Å². The molecule has 0 amide bonds. The zero-order chi connectivity index (χ0) is 17.3. The van der Waals surface area contributed by atoms with Gasteiger partial charge in [0.25, 0.3) is 0 Å². The molecular weight excluding hydrogens is 314 g/mol. The molecule has 0 aromatic heterocycles. The van der Waals surface area contributed by atoms with Crippen molar-refractivity contribution in [3.63, 3.8) is 0 Å². The Labute approximate surface area is 140 Å². The summed E-state index contributed by atoms with van der Waals surface area (Å²) in [6.45, 7) is 4.96. The molecule has 1 N–H and O–H groups in total. The molecule has 23 heavy (non-hydrogen) atoms. The SMILES string of the molecule is COCCCc1ccc(S(=O)(=O)NC(C)C)c(CCCOC)c1. The Morgan fingerprint density at radius 2 is 1.65 bits per heavy atom. The second kappa shape index (κ2) is 10.0. The molecule has 1 rings (SSSR count). The van der Waals surface area contributed by atoms with Crippen molar-refractivity contribution in [2.75, 3.05) is 27.4 Å². The number of hydrogen-bond acceptors (Lipinski definition) is 4. The molecule has 0 aliphatic heterocycles. The van der Waals surface area contributed by atoms with Gasteiger partial charge < -0.3 is 9.47 Å². The van der Waals surface area contributed by atoms with Gasteiger partial charge in [0, 0.05) is 33.5 Å². The fourth-order valence-electron chi connectivity index (χ4n) is 2.45. The maximum absolute atomic E-state index is 12.5. The van der Waals surface area contributed by atoms with Gasteiger partial charge in [0.1, 0.15) is 0 Å². The standard InChI is InChI=1S/C17H29NO4S/c1-14(2)18-23(19,20)17-10-9-15(7-5-11-21-3)13-16(17)8-6-12-22-4/h9-10,13-14,18H,5-8,11-12H2,1-4H3. The van der Waals surface area contributed by atoms with E-state index in [1.807, 2.05) is 26.0 Å². The minimum Gasteiger partial charge on any atom is -0.385 e. The first-order chi connectivity index (χ1) is 10.9. The molecule has 0 aliphatic carbocycles. The molecular formula is C17H29NO4S. The first-order valence-corrected chi connectivity index (χ1v) is 9.51. The highest BCUT2D eigenvalue weighted by Crippen LogP contribution is 2.20. The Morgan fingerprint density at radius 1 is 1.04 bits per heavy atom. The van der Waals surface area contributed by atoms with Gasteiger partial charge in [0.2, 0.25) is 10.0 Å². The lowest BCUT2D eigenvalue weighted by atomic mass is 10.0. The van der Waals surface area contributed by atoms with Gasteiger partial charge in [-0.25, -0.2) is 13.1 Å². The van der Waals surface area contributed by atoms with Crippen LogP contribution in [0, 0.1) is 0 Å². The van der Waals surface area contributed by atoms with Crippen LogP contribution in [0.3, 0.4) is 0 Å². The molecule has 0 aliphatic rings. The first-order valence-electron chi connectivity index (χ1n) is 8.02. The van der Waals surface area contributed by atoms with E-state index in [1.165, 1.54) is 0 Å². The van der Waals surface area contributed by atoms with Gasteiger partial charge in [-0.3, -0.25) is 0 Å². The van der Waals surface area contributed by atoms with E-state index in [-0.39, 0.29) is 6.04 Å². The van der Waals surface area contributed by atoms with Gasteiger partial charge in [-0.15, -0.1) is 0 Å². The largest absolute Gasteiger partial charge is 0.385 e. The first kappa shape index (κ1) is 20.1. The quantitative estimate of drug-likeness (QED) is 0.627. The number of nitrogens with one attached hydrogen (secondary N) is 1. The topological polar surface area (TPSA) is 64.6 Å². The van der Waals surface area contributed by atoms with E-state index in [0.29, 0.717) is 24.5 Å². The van der Waals surface area contributed by atoms with Crippen molar-refractivity contribution in [3.8, 4) is 0 Å². The smallest absolute Gasteiger partial charge is 0.241 e. The third-order valence-corrected chi connectivity index (χ3v) is 5.17. The highest BCUT2D eigenvalue weighted by molar-refractivity contribution is 7.89. The Hall–Kier alpha value is -0.950. The molecule has 0 saturated carbocycles. The van der Waals surface area contributed by atoms with Crippen LogP contribution < -0.4 is 4.72 Å². The highest BCUT2D eigenvalue weighted by atomic mass is 32.2.